The lowest BCUT2D eigenvalue weighted by Crippen LogP contribution is -2.21. The molecule has 0 unspecified atom stereocenters. The Hall–Kier alpha value is -2.17. The van der Waals surface area contributed by atoms with Gasteiger partial charge in [-0.1, -0.05) is 0 Å². The Morgan fingerprint density at radius 2 is 2.06 bits per heavy atom. The summed E-state index contributed by atoms with van der Waals surface area (Å²) in [6, 6.07) is 3.32. The summed E-state index contributed by atoms with van der Waals surface area (Å²) < 4.78 is 1.85. The number of aromatic nitrogens is 3. The average molecular weight is 245 g/mol. The first-order valence-corrected chi connectivity index (χ1v) is 5.63. The average Bonchev–Trinajstić information content (AvgIpc) is 2.78. The molecule has 0 fully saturated rings. The summed E-state index contributed by atoms with van der Waals surface area (Å²) >= 11 is 0. The Morgan fingerprint density at radius 3 is 2.61 bits per heavy atom. The highest BCUT2D eigenvalue weighted by Crippen LogP contribution is 2.22. The van der Waals surface area contributed by atoms with Crippen LogP contribution in [0.25, 0.3) is 11.1 Å². The van der Waals surface area contributed by atoms with Crippen molar-refractivity contribution in [2.45, 2.75) is 26.3 Å². The normalized spacial score (nSPS) is 11.5. The third-order valence-corrected chi connectivity index (χ3v) is 2.58. The number of rotatable bonds is 2. The molecule has 0 aromatic carbocycles. The number of aromatic carboxylic acids is 1. The number of carbonyl (C=O) groups is 1. The van der Waals surface area contributed by atoms with Crippen molar-refractivity contribution < 1.29 is 9.90 Å². The van der Waals surface area contributed by atoms with Crippen molar-refractivity contribution in [3.63, 3.8) is 0 Å². The molecule has 0 amide bonds. The first kappa shape index (κ1) is 12.3. The summed E-state index contributed by atoms with van der Waals surface area (Å²) in [5.41, 5.74) is 1.63. The van der Waals surface area contributed by atoms with E-state index in [2.05, 4.69) is 30.9 Å². The number of hydrogen-bond acceptors (Lipinski definition) is 3. The second-order valence-corrected chi connectivity index (χ2v) is 5.08. The zero-order valence-corrected chi connectivity index (χ0v) is 10.6. The maximum absolute atomic E-state index is 10.9. The molecule has 2 aromatic heterocycles. The lowest BCUT2D eigenvalue weighted by atomic mass is 10.1. The molecule has 0 aliphatic rings. The van der Waals surface area contributed by atoms with E-state index < -0.39 is 5.97 Å². The highest BCUT2D eigenvalue weighted by atomic mass is 16.4. The molecule has 94 valence electrons. The zero-order chi connectivity index (χ0) is 13.3. The number of carboxylic acids is 1. The number of hydrogen-bond donors (Lipinski definition) is 1. The summed E-state index contributed by atoms with van der Waals surface area (Å²) in [7, 11) is 0. The smallest absolute Gasteiger partial charge is 0.354 e. The van der Waals surface area contributed by atoms with Crippen molar-refractivity contribution in [1.82, 2.24) is 14.8 Å². The van der Waals surface area contributed by atoms with E-state index in [0.29, 0.717) is 0 Å². The molecule has 0 aliphatic heterocycles. The minimum atomic E-state index is -1.03. The van der Waals surface area contributed by atoms with Crippen molar-refractivity contribution in [3.8, 4) is 11.1 Å². The van der Waals surface area contributed by atoms with E-state index in [-0.39, 0.29) is 11.2 Å². The molecule has 0 atom stereocenters. The van der Waals surface area contributed by atoms with Gasteiger partial charge in [-0.05, 0) is 38.5 Å². The van der Waals surface area contributed by atoms with Crippen molar-refractivity contribution in [1.29, 1.82) is 0 Å². The first-order valence-electron chi connectivity index (χ1n) is 5.63. The predicted octanol–water partition coefficient (Wildman–Crippen LogP) is 2.40. The number of pyridine rings is 1. The molecule has 0 aliphatic carbocycles. The molecule has 2 heterocycles. The molecule has 0 saturated carbocycles. The summed E-state index contributed by atoms with van der Waals surface area (Å²) in [5.74, 6) is -1.03. The molecule has 2 rings (SSSR count). The second kappa shape index (κ2) is 4.25. The van der Waals surface area contributed by atoms with Gasteiger partial charge >= 0.3 is 5.97 Å². The van der Waals surface area contributed by atoms with Gasteiger partial charge in [0.1, 0.15) is 5.69 Å². The Bertz CT molecular complexity index is 582. The molecule has 5 heteroatoms. The largest absolute Gasteiger partial charge is 0.477 e. The molecule has 2 aromatic rings. The molecule has 0 radical (unpaired) electrons. The topological polar surface area (TPSA) is 68.0 Å². The van der Waals surface area contributed by atoms with Gasteiger partial charge in [-0.25, -0.2) is 9.78 Å². The van der Waals surface area contributed by atoms with Crippen molar-refractivity contribution in [3.05, 3.63) is 36.4 Å². The molecule has 0 saturated heterocycles. The minimum Gasteiger partial charge on any atom is -0.477 e. The molecule has 0 bridgehead atoms. The Kier molecular flexibility index (Phi) is 2.90. The Labute approximate surface area is 105 Å². The summed E-state index contributed by atoms with van der Waals surface area (Å²) in [4.78, 5) is 14.7. The minimum absolute atomic E-state index is 0.0380. The molecule has 18 heavy (non-hydrogen) atoms. The quantitative estimate of drug-likeness (QED) is 0.882. The van der Waals surface area contributed by atoms with Gasteiger partial charge in [0.2, 0.25) is 0 Å². The van der Waals surface area contributed by atoms with Crippen molar-refractivity contribution >= 4 is 5.97 Å². The lowest BCUT2D eigenvalue weighted by Gasteiger charge is -2.18. The van der Waals surface area contributed by atoms with E-state index >= 15 is 0 Å². The molecular formula is C13H15N3O2. The number of carboxylic acid groups (broad SMARTS) is 1. The fourth-order valence-corrected chi connectivity index (χ4v) is 1.57. The van der Waals surface area contributed by atoms with Crippen LogP contribution in [0.5, 0.6) is 0 Å². The van der Waals surface area contributed by atoms with Crippen LogP contribution in [0.15, 0.2) is 30.7 Å². The van der Waals surface area contributed by atoms with Gasteiger partial charge in [-0.3, -0.25) is 4.68 Å². The van der Waals surface area contributed by atoms with E-state index in [1.165, 1.54) is 6.20 Å². The van der Waals surface area contributed by atoms with Gasteiger partial charge in [0, 0.05) is 18.0 Å². The standard InChI is InChI=1S/C13H15N3O2/c1-13(2,3)16-8-10(7-15-16)9-4-5-14-11(6-9)12(17)18/h4-8H,1-3H3,(H,17,18). The van der Waals surface area contributed by atoms with Crippen LogP contribution in [-0.4, -0.2) is 25.8 Å². The molecular weight excluding hydrogens is 230 g/mol. The first-order chi connectivity index (χ1) is 8.38. The zero-order valence-electron chi connectivity index (χ0n) is 10.6. The van der Waals surface area contributed by atoms with Crippen molar-refractivity contribution in [2.75, 3.05) is 0 Å². The van der Waals surface area contributed by atoms with Crippen LogP contribution in [0.3, 0.4) is 0 Å². The van der Waals surface area contributed by atoms with E-state index in [0.717, 1.165) is 11.1 Å². The SMILES string of the molecule is CC(C)(C)n1cc(-c2ccnc(C(=O)O)c2)cn1. The predicted molar refractivity (Wildman–Crippen MR) is 67.4 cm³/mol. The van der Waals surface area contributed by atoms with Gasteiger partial charge in [0.25, 0.3) is 0 Å². The van der Waals surface area contributed by atoms with Gasteiger partial charge in [-0.2, -0.15) is 5.10 Å². The van der Waals surface area contributed by atoms with Gasteiger partial charge in [-0.15, -0.1) is 0 Å². The molecule has 5 nitrogen and oxygen atoms in total. The van der Waals surface area contributed by atoms with E-state index in [4.69, 9.17) is 5.11 Å². The summed E-state index contributed by atoms with van der Waals surface area (Å²) in [6.45, 7) is 6.16. The van der Waals surface area contributed by atoms with Crippen LogP contribution in [0, 0.1) is 0 Å². The third-order valence-electron chi connectivity index (χ3n) is 2.58. The monoisotopic (exact) mass is 245 g/mol. The van der Waals surface area contributed by atoms with E-state index in [1.54, 1.807) is 18.3 Å². The summed E-state index contributed by atoms with van der Waals surface area (Å²) in [6.07, 6.45) is 5.13. The van der Waals surface area contributed by atoms with E-state index in [9.17, 15) is 4.79 Å². The maximum atomic E-state index is 10.9. The molecule has 0 spiro atoms. The van der Waals surface area contributed by atoms with Crippen LogP contribution in [0.2, 0.25) is 0 Å². The fraction of sp³-hybridized carbons (Fsp3) is 0.308. The highest BCUT2D eigenvalue weighted by molar-refractivity contribution is 5.87. The van der Waals surface area contributed by atoms with Gasteiger partial charge in [0.05, 0.1) is 11.7 Å². The highest BCUT2D eigenvalue weighted by Gasteiger charge is 2.15. The lowest BCUT2D eigenvalue weighted by molar-refractivity contribution is 0.0690. The maximum Gasteiger partial charge on any atom is 0.354 e. The Balaban J connectivity index is 2.40. The number of nitrogens with zero attached hydrogens (tertiary/aromatic N) is 3. The second-order valence-electron chi connectivity index (χ2n) is 5.08. The fourth-order valence-electron chi connectivity index (χ4n) is 1.57. The van der Waals surface area contributed by atoms with Crippen LogP contribution in [0.1, 0.15) is 31.3 Å². The van der Waals surface area contributed by atoms with E-state index in [1.807, 2.05) is 10.9 Å². The Morgan fingerprint density at radius 1 is 1.33 bits per heavy atom. The van der Waals surface area contributed by atoms with Gasteiger partial charge < -0.3 is 5.11 Å². The van der Waals surface area contributed by atoms with Crippen molar-refractivity contribution in [2.24, 2.45) is 0 Å². The third kappa shape index (κ3) is 2.40. The van der Waals surface area contributed by atoms with Crippen LogP contribution >= 0.6 is 0 Å². The van der Waals surface area contributed by atoms with Crippen LogP contribution in [0.4, 0.5) is 0 Å². The summed E-state index contributed by atoms with van der Waals surface area (Å²) in [5, 5.41) is 13.2. The van der Waals surface area contributed by atoms with Crippen LogP contribution < -0.4 is 0 Å². The van der Waals surface area contributed by atoms with Gasteiger partial charge in [0.15, 0.2) is 0 Å². The molecule has 1 N–H and O–H groups in total. The van der Waals surface area contributed by atoms with Crippen LogP contribution in [-0.2, 0) is 5.54 Å².